The van der Waals surface area contributed by atoms with Crippen molar-refractivity contribution in [1.29, 1.82) is 0 Å². The lowest BCUT2D eigenvalue weighted by Gasteiger charge is -2.27. The highest BCUT2D eigenvalue weighted by molar-refractivity contribution is 6.00. The van der Waals surface area contributed by atoms with Gasteiger partial charge in [-0.05, 0) is 30.3 Å². The van der Waals surface area contributed by atoms with Crippen LogP contribution in [0.15, 0.2) is 54.7 Å². The molecule has 5 rings (SSSR count). The Balaban J connectivity index is 1.33. The van der Waals surface area contributed by atoms with E-state index >= 15 is 0 Å². The monoisotopic (exact) mass is 563 g/mol. The number of carbonyl (C=O) groups excluding carboxylic acids is 1. The van der Waals surface area contributed by atoms with Crippen molar-refractivity contribution in [2.75, 3.05) is 41.8 Å². The summed E-state index contributed by atoms with van der Waals surface area (Å²) < 4.78 is 93.6. The predicted octanol–water partition coefficient (Wildman–Crippen LogP) is 6.34. The van der Waals surface area contributed by atoms with E-state index in [1.165, 1.54) is 18.2 Å². The first-order valence-electron chi connectivity index (χ1n) is 11.8. The van der Waals surface area contributed by atoms with Crippen LogP contribution in [0, 0.1) is 17.5 Å². The molecular formula is C26H19F6N5O3. The number of hydrogen-bond donors (Lipinski definition) is 2. The molecular weight excluding hydrogens is 544 g/mol. The van der Waals surface area contributed by atoms with Gasteiger partial charge in [0.15, 0.2) is 11.6 Å². The van der Waals surface area contributed by atoms with E-state index in [-0.39, 0.29) is 11.4 Å². The van der Waals surface area contributed by atoms with Gasteiger partial charge in [-0.25, -0.2) is 18.6 Å². The van der Waals surface area contributed by atoms with Crippen molar-refractivity contribution in [3.8, 4) is 11.5 Å². The quantitative estimate of drug-likeness (QED) is 0.218. The predicted molar refractivity (Wildman–Crippen MR) is 133 cm³/mol. The minimum atomic E-state index is -4.66. The van der Waals surface area contributed by atoms with E-state index in [0.29, 0.717) is 55.3 Å². The van der Waals surface area contributed by atoms with Gasteiger partial charge in [0, 0.05) is 30.9 Å². The number of urea groups is 1. The fourth-order valence-corrected chi connectivity index (χ4v) is 3.93. The van der Waals surface area contributed by atoms with Gasteiger partial charge in [-0.15, -0.1) is 0 Å². The van der Waals surface area contributed by atoms with E-state index < -0.39 is 46.7 Å². The molecule has 0 saturated carbocycles. The number of aromatic nitrogens is 2. The summed E-state index contributed by atoms with van der Waals surface area (Å²) in [5, 5.41) is 3.93. The molecule has 1 aliphatic heterocycles. The Kier molecular flexibility index (Phi) is 7.34. The number of rotatable bonds is 5. The van der Waals surface area contributed by atoms with Gasteiger partial charge in [-0.1, -0.05) is 6.07 Å². The van der Waals surface area contributed by atoms with Crippen LogP contribution in [0.2, 0.25) is 0 Å². The molecule has 8 nitrogen and oxygen atoms in total. The SMILES string of the molecule is O=C(Nc1cccc(C(F)(F)F)c1)Nc1cc(F)c(Oc2ccc3ncc(N4CCOCC4)nc3c2)c(F)c1F. The van der Waals surface area contributed by atoms with Gasteiger partial charge in [0.2, 0.25) is 11.6 Å². The maximum Gasteiger partial charge on any atom is 0.416 e. The summed E-state index contributed by atoms with van der Waals surface area (Å²) in [5.74, 6) is -5.27. The Morgan fingerprint density at radius 3 is 2.48 bits per heavy atom. The lowest BCUT2D eigenvalue weighted by Crippen LogP contribution is -2.36. The van der Waals surface area contributed by atoms with Crippen molar-refractivity contribution in [2.45, 2.75) is 6.18 Å². The van der Waals surface area contributed by atoms with Crippen LogP contribution in [0.25, 0.3) is 11.0 Å². The van der Waals surface area contributed by atoms with Crippen LogP contribution in [0.5, 0.6) is 11.5 Å². The molecule has 40 heavy (non-hydrogen) atoms. The largest absolute Gasteiger partial charge is 0.451 e. The zero-order chi connectivity index (χ0) is 28.4. The number of nitrogens with zero attached hydrogens (tertiary/aromatic N) is 3. The number of ether oxygens (including phenoxy) is 2. The van der Waals surface area contributed by atoms with E-state index in [2.05, 4.69) is 15.3 Å². The number of amides is 2. The van der Waals surface area contributed by atoms with Gasteiger partial charge >= 0.3 is 12.2 Å². The third kappa shape index (κ3) is 5.86. The standard InChI is InChI=1S/C26H19F6N5O3/c27-17-12-20(36-25(38)34-15-3-1-2-14(10-15)26(30,31)32)22(28)23(29)24(17)40-16-4-5-18-19(11-16)35-21(13-33-18)37-6-8-39-9-7-37/h1-5,10-13H,6-9H2,(H2,34,36,38). The van der Waals surface area contributed by atoms with Gasteiger partial charge in [-0.3, -0.25) is 4.98 Å². The molecule has 2 N–H and O–H groups in total. The summed E-state index contributed by atoms with van der Waals surface area (Å²) in [6.45, 7) is 2.30. The summed E-state index contributed by atoms with van der Waals surface area (Å²) in [6, 6.07) is 7.17. The normalized spacial score (nSPS) is 13.8. The van der Waals surface area contributed by atoms with Crippen LogP contribution in [0.3, 0.4) is 0 Å². The fourth-order valence-electron chi connectivity index (χ4n) is 3.93. The Bertz CT molecular complexity index is 1580. The fraction of sp³-hybridized carbons (Fsp3) is 0.192. The summed E-state index contributed by atoms with van der Waals surface area (Å²) in [5.41, 5.74) is -1.35. The molecule has 2 heterocycles. The molecule has 0 radical (unpaired) electrons. The smallest absolute Gasteiger partial charge is 0.416 e. The lowest BCUT2D eigenvalue weighted by atomic mass is 10.2. The second-order valence-corrected chi connectivity index (χ2v) is 8.60. The minimum Gasteiger partial charge on any atom is -0.451 e. The average molecular weight is 563 g/mol. The average Bonchev–Trinajstić information content (AvgIpc) is 2.93. The molecule has 0 unspecified atom stereocenters. The molecule has 0 aliphatic carbocycles. The number of halogens is 6. The maximum absolute atomic E-state index is 14.8. The van der Waals surface area contributed by atoms with Crippen LogP contribution in [0.1, 0.15) is 5.56 Å². The van der Waals surface area contributed by atoms with Gasteiger partial charge in [0.05, 0.1) is 41.7 Å². The Morgan fingerprint density at radius 1 is 0.950 bits per heavy atom. The number of alkyl halides is 3. The minimum absolute atomic E-state index is 0.0545. The molecule has 0 bridgehead atoms. The first kappa shape index (κ1) is 27.0. The number of carbonyl (C=O) groups is 1. The van der Waals surface area contributed by atoms with Crippen molar-refractivity contribution >= 4 is 34.3 Å². The number of hydrogen-bond acceptors (Lipinski definition) is 6. The number of benzene rings is 3. The maximum atomic E-state index is 14.8. The van der Waals surface area contributed by atoms with Crippen molar-refractivity contribution in [3.63, 3.8) is 0 Å². The second kappa shape index (κ2) is 10.9. The molecule has 4 aromatic rings. The summed E-state index contributed by atoms with van der Waals surface area (Å²) >= 11 is 0. The van der Waals surface area contributed by atoms with Crippen LogP contribution in [-0.2, 0) is 10.9 Å². The van der Waals surface area contributed by atoms with Crippen molar-refractivity contribution < 1.29 is 40.6 Å². The van der Waals surface area contributed by atoms with E-state index in [1.54, 1.807) is 6.20 Å². The molecule has 1 saturated heterocycles. The van der Waals surface area contributed by atoms with Gasteiger partial charge in [0.1, 0.15) is 11.6 Å². The zero-order valence-corrected chi connectivity index (χ0v) is 20.4. The van der Waals surface area contributed by atoms with Crippen LogP contribution in [-0.4, -0.2) is 42.3 Å². The molecule has 2 amide bonds. The third-order valence-electron chi connectivity index (χ3n) is 5.87. The molecule has 208 valence electrons. The van der Waals surface area contributed by atoms with E-state index in [0.717, 1.165) is 18.2 Å². The number of nitrogens with one attached hydrogen (secondary N) is 2. The second-order valence-electron chi connectivity index (χ2n) is 8.60. The zero-order valence-electron chi connectivity index (χ0n) is 20.4. The molecule has 1 aromatic heterocycles. The Morgan fingerprint density at radius 2 is 1.73 bits per heavy atom. The first-order chi connectivity index (χ1) is 19.1. The summed E-state index contributed by atoms with van der Waals surface area (Å²) in [6.07, 6.45) is -3.07. The molecule has 1 fully saturated rings. The topological polar surface area (TPSA) is 88.6 Å². The molecule has 1 aliphatic rings. The lowest BCUT2D eigenvalue weighted by molar-refractivity contribution is -0.137. The summed E-state index contributed by atoms with van der Waals surface area (Å²) in [7, 11) is 0. The van der Waals surface area contributed by atoms with Gasteiger partial charge in [0.25, 0.3) is 0 Å². The van der Waals surface area contributed by atoms with Crippen LogP contribution in [0.4, 0.5) is 48.3 Å². The molecule has 14 heteroatoms. The molecule has 0 spiro atoms. The van der Waals surface area contributed by atoms with E-state index in [9.17, 15) is 31.1 Å². The van der Waals surface area contributed by atoms with Crippen molar-refractivity contribution in [1.82, 2.24) is 9.97 Å². The van der Waals surface area contributed by atoms with E-state index in [4.69, 9.17) is 9.47 Å². The summed E-state index contributed by atoms with van der Waals surface area (Å²) in [4.78, 5) is 23.0. The van der Waals surface area contributed by atoms with E-state index in [1.807, 2.05) is 10.2 Å². The van der Waals surface area contributed by atoms with Crippen molar-refractivity contribution in [2.24, 2.45) is 0 Å². The van der Waals surface area contributed by atoms with Gasteiger partial charge in [-0.2, -0.15) is 17.6 Å². The number of anilines is 3. The van der Waals surface area contributed by atoms with Gasteiger partial charge < -0.3 is 25.0 Å². The molecule has 0 atom stereocenters. The first-order valence-corrected chi connectivity index (χ1v) is 11.8. The molecule has 3 aromatic carbocycles. The highest BCUT2D eigenvalue weighted by Gasteiger charge is 2.30. The Labute approximate surface area is 222 Å². The van der Waals surface area contributed by atoms with Crippen LogP contribution >= 0.6 is 0 Å². The third-order valence-corrected chi connectivity index (χ3v) is 5.87. The number of fused-ring (bicyclic) bond motifs is 1. The highest BCUT2D eigenvalue weighted by atomic mass is 19.4. The van der Waals surface area contributed by atoms with Crippen molar-refractivity contribution in [3.05, 3.63) is 77.7 Å². The number of morpholine rings is 1. The highest BCUT2D eigenvalue weighted by Crippen LogP contribution is 2.34. The van der Waals surface area contributed by atoms with Crippen LogP contribution < -0.4 is 20.3 Å². The Hall–Kier alpha value is -4.59.